The highest BCUT2D eigenvalue weighted by Gasteiger charge is 2.21. The van der Waals surface area contributed by atoms with E-state index in [9.17, 15) is 4.79 Å². The van der Waals surface area contributed by atoms with Gasteiger partial charge in [0.05, 0.1) is 12.4 Å². The smallest absolute Gasteiger partial charge is 0.150 e. The molecule has 0 amide bonds. The van der Waals surface area contributed by atoms with E-state index in [1.54, 1.807) is 12.5 Å². The maximum atomic E-state index is 11.8. The molecule has 0 bridgehead atoms. The number of imidazole rings is 1. The van der Waals surface area contributed by atoms with E-state index in [1.165, 1.54) is 0 Å². The van der Waals surface area contributed by atoms with Gasteiger partial charge in [0.2, 0.25) is 0 Å². The Bertz CT molecular complexity index is 295. The molecule has 1 N–H and O–H groups in total. The van der Waals surface area contributed by atoms with E-state index in [2.05, 4.69) is 21.8 Å². The first-order chi connectivity index (χ1) is 7.19. The van der Waals surface area contributed by atoms with Crippen molar-refractivity contribution < 1.29 is 4.79 Å². The second-order valence-electron chi connectivity index (χ2n) is 3.69. The van der Waals surface area contributed by atoms with Crippen LogP contribution in [0.2, 0.25) is 0 Å². The van der Waals surface area contributed by atoms with Crippen molar-refractivity contribution in [1.82, 2.24) is 14.9 Å². The summed E-state index contributed by atoms with van der Waals surface area (Å²) in [7, 11) is 1.98. The second-order valence-corrected chi connectivity index (χ2v) is 3.69. The fourth-order valence-electron chi connectivity index (χ4n) is 1.58. The Morgan fingerprint density at radius 3 is 2.80 bits per heavy atom. The van der Waals surface area contributed by atoms with Crippen LogP contribution in [0.4, 0.5) is 0 Å². The van der Waals surface area contributed by atoms with Crippen molar-refractivity contribution in [2.45, 2.75) is 32.7 Å². The summed E-state index contributed by atoms with van der Waals surface area (Å²) < 4.78 is 0. The van der Waals surface area contributed by atoms with E-state index < -0.39 is 0 Å². The lowest BCUT2D eigenvalue weighted by Crippen LogP contribution is -2.39. The van der Waals surface area contributed by atoms with Crippen LogP contribution in [0.1, 0.15) is 26.0 Å². The number of aromatic nitrogens is 2. The third-order valence-corrected chi connectivity index (χ3v) is 2.72. The van der Waals surface area contributed by atoms with E-state index in [1.807, 2.05) is 14.0 Å². The van der Waals surface area contributed by atoms with Gasteiger partial charge in [-0.1, -0.05) is 13.8 Å². The summed E-state index contributed by atoms with van der Waals surface area (Å²) >= 11 is 0. The number of H-pyrrole nitrogens is 1. The van der Waals surface area contributed by atoms with Crippen molar-refractivity contribution in [3.63, 3.8) is 0 Å². The fraction of sp³-hybridized carbons (Fsp3) is 0.636. The molecule has 1 aromatic rings. The molecule has 0 aromatic carbocycles. The largest absolute Gasteiger partial charge is 0.348 e. The first-order valence-electron chi connectivity index (χ1n) is 5.39. The monoisotopic (exact) mass is 209 g/mol. The summed E-state index contributed by atoms with van der Waals surface area (Å²) in [6, 6.07) is -0.0274. The first kappa shape index (κ1) is 11.9. The minimum Gasteiger partial charge on any atom is -0.348 e. The lowest BCUT2D eigenvalue weighted by molar-refractivity contribution is -0.123. The Kier molecular flexibility index (Phi) is 4.49. The number of nitrogens with zero attached hydrogens (tertiary/aromatic N) is 2. The zero-order valence-corrected chi connectivity index (χ0v) is 9.66. The molecule has 0 saturated heterocycles. The number of rotatable bonds is 6. The zero-order chi connectivity index (χ0) is 11.3. The highest BCUT2D eigenvalue weighted by atomic mass is 16.1. The Balaban J connectivity index is 2.68. The van der Waals surface area contributed by atoms with E-state index >= 15 is 0 Å². The number of nitrogens with one attached hydrogen (secondary N) is 1. The Hall–Kier alpha value is -1.16. The van der Waals surface area contributed by atoms with Gasteiger partial charge < -0.3 is 4.98 Å². The first-order valence-corrected chi connectivity index (χ1v) is 5.39. The van der Waals surface area contributed by atoms with Gasteiger partial charge in [-0.3, -0.25) is 9.69 Å². The number of hydrogen-bond donors (Lipinski definition) is 1. The molecule has 0 aliphatic carbocycles. The van der Waals surface area contributed by atoms with Crippen molar-refractivity contribution >= 4 is 5.78 Å². The van der Waals surface area contributed by atoms with Crippen LogP contribution in [-0.2, 0) is 11.2 Å². The predicted octanol–water partition coefficient (Wildman–Crippen LogP) is 1.25. The van der Waals surface area contributed by atoms with Gasteiger partial charge in [-0.25, -0.2) is 4.98 Å². The number of aromatic amines is 1. The van der Waals surface area contributed by atoms with Crippen molar-refractivity contribution in [3.8, 4) is 0 Å². The molecule has 0 fully saturated rings. The summed E-state index contributed by atoms with van der Waals surface area (Å²) in [6.07, 6.45) is 4.73. The van der Waals surface area contributed by atoms with Crippen LogP contribution < -0.4 is 0 Å². The molecule has 0 aliphatic heterocycles. The van der Waals surface area contributed by atoms with E-state index in [-0.39, 0.29) is 11.8 Å². The molecule has 4 heteroatoms. The Morgan fingerprint density at radius 1 is 1.60 bits per heavy atom. The van der Waals surface area contributed by atoms with Gasteiger partial charge in [0, 0.05) is 24.7 Å². The molecule has 0 aliphatic rings. The minimum atomic E-state index is -0.0274. The van der Waals surface area contributed by atoms with Gasteiger partial charge in [0.25, 0.3) is 0 Å². The van der Waals surface area contributed by atoms with Gasteiger partial charge >= 0.3 is 0 Å². The SMILES string of the molecule is CCC(=O)[C@H](Cc1cnc[nH]1)N(C)CC. The normalized spacial score (nSPS) is 13.1. The zero-order valence-electron chi connectivity index (χ0n) is 9.66. The number of Topliss-reactive ketones (excluding diaryl/α,β-unsaturated/α-hetero) is 1. The van der Waals surface area contributed by atoms with Gasteiger partial charge in [-0.05, 0) is 13.6 Å². The lowest BCUT2D eigenvalue weighted by atomic mass is 10.0. The highest BCUT2D eigenvalue weighted by molar-refractivity contribution is 5.83. The van der Waals surface area contributed by atoms with Gasteiger partial charge in [0.1, 0.15) is 5.78 Å². The van der Waals surface area contributed by atoms with Crippen LogP contribution in [0.3, 0.4) is 0 Å². The van der Waals surface area contributed by atoms with Crippen molar-refractivity contribution in [2.24, 2.45) is 0 Å². The van der Waals surface area contributed by atoms with Crippen LogP contribution in [0.25, 0.3) is 0 Å². The maximum absolute atomic E-state index is 11.8. The van der Waals surface area contributed by atoms with Crippen LogP contribution in [0.5, 0.6) is 0 Å². The van der Waals surface area contributed by atoms with Gasteiger partial charge in [-0.15, -0.1) is 0 Å². The van der Waals surface area contributed by atoms with Gasteiger partial charge in [0.15, 0.2) is 0 Å². The molecular weight excluding hydrogens is 190 g/mol. The van der Waals surface area contributed by atoms with Crippen LogP contribution in [0.15, 0.2) is 12.5 Å². The molecule has 0 spiro atoms. The average Bonchev–Trinajstić information content (AvgIpc) is 2.76. The summed E-state index contributed by atoms with van der Waals surface area (Å²) in [6.45, 7) is 4.85. The Morgan fingerprint density at radius 2 is 2.33 bits per heavy atom. The topological polar surface area (TPSA) is 49.0 Å². The molecule has 0 unspecified atom stereocenters. The molecule has 15 heavy (non-hydrogen) atoms. The maximum Gasteiger partial charge on any atom is 0.150 e. The van der Waals surface area contributed by atoms with E-state index in [0.717, 1.165) is 18.7 Å². The highest BCUT2D eigenvalue weighted by Crippen LogP contribution is 2.07. The summed E-state index contributed by atoms with van der Waals surface area (Å²) in [4.78, 5) is 20.8. The number of likely N-dealkylation sites (N-methyl/N-ethyl adjacent to an activating group) is 1. The molecule has 0 radical (unpaired) electrons. The molecule has 1 heterocycles. The molecule has 1 atom stereocenters. The number of hydrogen-bond acceptors (Lipinski definition) is 3. The average molecular weight is 209 g/mol. The number of carbonyl (C=O) groups is 1. The Labute approximate surface area is 90.7 Å². The summed E-state index contributed by atoms with van der Waals surface area (Å²) in [5.41, 5.74) is 1.02. The van der Waals surface area contributed by atoms with Crippen LogP contribution >= 0.6 is 0 Å². The molecule has 4 nitrogen and oxygen atoms in total. The predicted molar refractivity (Wildman–Crippen MR) is 59.7 cm³/mol. The number of carbonyl (C=O) groups excluding carboxylic acids is 1. The lowest BCUT2D eigenvalue weighted by Gasteiger charge is -2.24. The molecule has 1 rings (SSSR count). The van der Waals surface area contributed by atoms with E-state index in [4.69, 9.17) is 0 Å². The molecule has 84 valence electrons. The summed E-state index contributed by atoms with van der Waals surface area (Å²) in [5.74, 6) is 0.286. The quantitative estimate of drug-likeness (QED) is 0.767. The molecular formula is C11H19N3O. The summed E-state index contributed by atoms with van der Waals surface area (Å²) in [5, 5.41) is 0. The third-order valence-electron chi connectivity index (χ3n) is 2.72. The number of ketones is 1. The van der Waals surface area contributed by atoms with Crippen LogP contribution in [-0.4, -0.2) is 40.3 Å². The standard InChI is InChI=1S/C11H19N3O/c1-4-11(15)10(14(3)5-2)6-9-7-12-8-13-9/h7-8,10H,4-6H2,1-3H3,(H,12,13)/t10-/m0/s1. The van der Waals surface area contributed by atoms with Crippen LogP contribution in [0, 0.1) is 0 Å². The minimum absolute atomic E-state index is 0.0274. The van der Waals surface area contributed by atoms with E-state index in [0.29, 0.717) is 6.42 Å². The second kappa shape index (κ2) is 5.66. The van der Waals surface area contributed by atoms with Crippen molar-refractivity contribution in [3.05, 3.63) is 18.2 Å². The van der Waals surface area contributed by atoms with Crippen molar-refractivity contribution in [1.29, 1.82) is 0 Å². The third kappa shape index (κ3) is 3.16. The molecule has 1 aromatic heterocycles. The van der Waals surface area contributed by atoms with Gasteiger partial charge in [-0.2, -0.15) is 0 Å². The fourth-order valence-corrected chi connectivity index (χ4v) is 1.58. The molecule has 0 saturated carbocycles. The van der Waals surface area contributed by atoms with Crippen molar-refractivity contribution in [2.75, 3.05) is 13.6 Å².